The zero-order valence-electron chi connectivity index (χ0n) is 26.5. The molecule has 2 saturated carbocycles. The molecule has 3 amide bonds. The summed E-state index contributed by atoms with van der Waals surface area (Å²) in [5, 5.41) is 3.97. The van der Waals surface area contributed by atoms with E-state index in [1.54, 1.807) is 6.92 Å². The summed E-state index contributed by atoms with van der Waals surface area (Å²) in [6.07, 6.45) is 10.5. The number of hydrogen-bond acceptors (Lipinski definition) is 8. The first-order valence-electron chi connectivity index (χ1n) is 16.6. The highest BCUT2D eigenvalue weighted by Gasteiger charge is 2.63. The standard InChI is InChI=1S/C34H43N5O6S/c1-21-28-24(23-11-8-9-13-26(23)36-21)14-15-33(45-28)19-27-29(40)37-34(31(42)38-46(43,44)32(2)16-17-32)18-22(34)10-6-4-3-5-7-12-25(35)30(41)39(27)20-33/h6,8-11,13,22,25,27H,3-5,7,12,14-20,35H2,1-2H3,(H,37,40)(H,38,42)/b10-6-/t22-,25+,27+,33-,34-/m1/s1. The molecule has 46 heavy (non-hydrogen) atoms. The minimum absolute atomic E-state index is 0.179. The van der Waals surface area contributed by atoms with Crippen molar-refractivity contribution >= 4 is 38.6 Å². The van der Waals surface area contributed by atoms with Gasteiger partial charge in [-0.3, -0.25) is 19.1 Å². The van der Waals surface area contributed by atoms with Crippen LogP contribution in [0.1, 0.15) is 82.4 Å². The SMILES string of the molecule is Cc1nc2ccccc2c2c1O[C@]1(CC2)C[C@H]2C(=O)N[C@]3(C(=O)NS(=O)(=O)C4(C)CC4)C[C@H]3/C=C\CCCCC[C@H](N)C(=O)N2C1. The molecule has 0 bridgehead atoms. The van der Waals surface area contributed by atoms with E-state index in [-0.39, 0.29) is 31.2 Å². The van der Waals surface area contributed by atoms with E-state index in [1.807, 2.05) is 43.3 Å². The summed E-state index contributed by atoms with van der Waals surface area (Å²) in [4.78, 5) is 48.2. The Morgan fingerprint density at radius 3 is 2.70 bits per heavy atom. The smallest absolute Gasteiger partial charge is 0.259 e. The normalized spacial score (nSPS) is 33.0. The van der Waals surface area contributed by atoms with E-state index >= 15 is 0 Å². The molecule has 2 aromatic rings. The molecular formula is C34H43N5O6S. The van der Waals surface area contributed by atoms with Crippen molar-refractivity contribution in [3.8, 4) is 5.75 Å². The number of benzene rings is 1. The van der Waals surface area contributed by atoms with E-state index < -0.39 is 49.8 Å². The van der Waals surface area contributed by atoms with Gasteiger partial charge in [0.2, 0.25) is 21.8 Å². The van der Waals surface area contributed by atoms with E-state index in [4.69, 9.17) is 15.5 Å². The van der Waals surface area contributed by atoms with Crippen molar-refractivity contribution in [1.82, 2.24) is 19.9 Å². The molecule has 2 aliphatic carbocycles. The van der Waals surface area contributed by atoms with E-state index in [0.29, 0.717) is 37.9 Å². The number of nitrogens with zero attached hydrogens (tertiary/aromatic N) is 2. The molecule has 12 heteroatoms. The van der Waals surface area contributed by atoms with E-state index in [0.717, 1.165) is 47.8 Å². The number of amides is 3. The first-order valence-corrected chi connectivity index (χ1v) is 18.0. The molecule has 0 radical (unpaired) electrons. The second-order valence-corrected chi connectivity index (χ2v) is 16.5. The Balaban J connectivity index is 1.21. The van der Waals surface area contributed by atoms with Gasteiger partial charge in [0.05, 0.1) is 28.5 Å². The van der Waals surface area contributed by atoms with Crippen LogP contribution in [0.4, 0.5) is 0 Å². The molecule has 0 unspecified atom stereocenters. The van der Waals surface area contributed by atoms with E-state index in [1.165, 1.54) is 4.90 Å². The molecule has 3 aliphatic heterocycles. The first kappa shape index (κ1) is 31.1. The van der Waals surface area contributed by atoms with Crippen LogP contribution in [-0.4, -0.2) is 70.5 Å². The molecule has 1 aromatic heterocycles. The summed E-state index contributed by atoms with van der Waals surface area (Å²) in [5.74, 6) is -1.22. The van der Waals surface area contributed by atoms with Gasteiger partial charge in [-0.05, 0) is 71.3 Å². The van der Waals surface area contributed by atoms with Crippen LogP contribution in [0.15, 0.2) is 36.4 Å². The van der Waals surface area contributed by atoms with Crippen molar-refractivity contribution in [2.24, 2.45) is 11.7 Å². The lowest BCUT2D eigenvalue weighted by Gasteiger charge is -2.36. The number of allylic oxidation sites excluding steroid dienone is 1. The van der Waals surface area contributed by atoms with Crippen LogP contribution >= 0.6 is 0 Å². The minimum atomic E-state index is -3.92. The molecule has 4 heterocycles. The average Bonchev–Trinajstić information content (AvgIpc) is 3.91. The zero-order chi connectivity index (χ0) is 32.5. The molecule has 7 rings (SSSR count). The minimum Gasteiger partial charge on any atom is -0.483 e. The Morgan fingerprint density at radius 2 is 1.91 bits per heavy atom. The third kappa shape index (κ3) is 5.27. The molecule has 3 fully saturated rings. The van der Waals surface area contributed by atoms with Gasteiger partial charge >= 0.3 is 0 Å². The van der Waals surface area contributed by atoms with Crippen LogP contribution in [0.2, 0.25) is 0 Å². The lowest BCUT2D eigenvalue weighted by atomic mass is 9.87. The maximum Gasteiger partial charge on any atom is 0.259 e. The monoisotopic (exact) mass is 649 g/mol. The second kappa shape index (κ2) is 11.0. The number of fused-ring (bicyclic) bond motifs is 5. The quantitative estimate of drug-likeness (QED) is 0.428. The number of hydrogen-bond donors (Lipinski definition) is 3. The van der Waals surface area contributed by atoms with Crippen LogP contribution in [0.25, 0.3) is 10.9 Å². The van der Waals surface area contributed by atoms with Gasteiger partial charge in [0.15, 0.2) is 0 Å². The lowest BCUT2D eigenvalue weighted by Crippen LogP contribution is -2.58. The van der Waals surface area contributed by atoms with Crippen molar-refractivity contribution in [2.75, 3.05) is 6.54 Å². The predicted molar refractivity (Wildman–Crippen MR) is 172 cm³/mol. The molecule has 246 valence electrons. The van der Waals surface area contributed by atoms with Crippen molar-refractivity contribution in [3.63, 3.8) is 0 Å². The highest BCUT2D eigenvalue weighted by molar-refractivity contribution is 7.91. The molecule has 1 saturated heterocycles. The number of nitrogens with one attached hydrogen (secondary N) is 2. The van der Waals surface area contributed by atoms with Crippen LogP contribution in [0, 0.1) is 12.8 Å². The van der Waals surface area contributed by atoms with Crippen LogP contribution in [-0.2, 0) is 30.8 Å². The number of carbonyl (C=O) groups excluding carboxylic acids is 3. The average molecular weight is 650 g/mol. The van der Waals surface area contributed by atoms with Crippen LogP contribution in [0.3, 0.4) is 0 Å². The summed E-state index contributed by atoms with van der Waals surface area (Å²) in [7, 11) is -3.92. The summed E-state index contributed by atoms with van der Waals surface area (Å²) >= 11 is 0. The number of nitrogens with two attached hydrogens (primary N) is 1. The molecule has 11 nitrogen and oxygen atoms in total. The number of carbonyl (C=O) groups is 3. The Hall–Kier alpha value is -3.51. The van der Waals surface area contributed by atoms with Gasteiger partial charge in [0, 0.05) is 23.3 Å². The Morgan fingerprint density at radius 1 is 1.13 bits per heavy atom. The van der Waals surface area contributed by atoms with Crippen molar-refractivity contribution in [2.45, 2.75) is 112 Å². The summed E-state index contributed by atoms with van der Waals surface area (Å²) in [6.45, 7) is 3.71. The summed E-state index contributed by atoms with van der Waals surface area (Å²) in [6, 6.07) is 6.23. The lowest BCUT2D eigenvalue weighted by molar-refractivity contribution is -0.140. The predicted octanol–water partition coefficient (Wildman–Crippen LogP) is 2.93. The van der Waals surface area contributed by atoms with Gasteiger partial charge < -0.3 is 20.7 Å². The highest BCUT2D eigenvalue weighted by Crippen LogP contribution is 2.49. The fraction of sp³-hybridized carbons (Fsp3) is 0.588. The molecule has 1 spiro atoms. The zero-order valence-corrected chi connectivity index (χ0v) is 27.3. The molecule has 4 N–H and O–H groups in total. The van der Waals surface area contributed by atoms with E-state index in [9.17, 15) is 22.8 Å². The number of rotatable bonds is 3. The maximum atomic E-state index is 14.3. The fourth-order valence-corrected chi connectivity index (χ4v) is 8.85. The highest BCUT2D eigenvalue weighted by atomic mass is 32.2. The van der Waals surface area contributed by atoms with Crippen molar-refractivity contribution < 1.29 is 27.5 Å². The summed E-state index contributed by atoms with van der Waals surface area (Å²) in [5.41, 5.74) is 6.90. The Kier molecular flexibility index (Phi) is 7.47. The van der Waals surface area contributed by atoms with Gasteiger partial charge in [0.25, 0.3) is 5.91 Å². The summed E-state index contributed by atoms with van der Waals surface area (Å²) < 4.78 is 34.1. The van der Waals surface area contributed by atoms with Gasteiger partial charge in [-0.25, -0.2) is 13.4 Å². The Bertz CT molecular complexity index is 1760. The fourth-order valence-electron chi connectivity index (χ4n) is 7.54. The van der Waals surface area contributed by atoms with Crippen LogP contribution < -0.4 is 20.5 Å². The van der Waals surface area contributed by atoms with Crippen molar-refractivity contribution in [1.29, 1.82) is 0 Å². The molecule has 5 aliphatic rings. The topological polar surface area (TPSA) is 161 Å². The van der Waals surface area contributed by atoms with E-state index in [2.05, 4.69) is 10.0 Å². The van der Waals surface area contributed by atoms with Gasteiger partial charge in [-0.15, -0.1) is 0 Å². The number of aryl methyl sites for hydroxylation is 2. The number of pyridine rings is 1. The number of ether oxygens (including phenoxy) is 1. The third-order valence-electron chi connectivity index (χ3n) is 10.9. The van der Waals surface area contributed by atoms with Crippen LogP contribution in [0.5, 0.6) is 5.75 Å². The van der Waals surface area contributed by atoms with Gasteiger partial charge in [-0.2, -0.15) is 0 Å². The van der Waals surface area contributed by atoms with Gasteiger partial charge in [0.1, 0.15) is 22.9 Å². The molecular weight excluding hydrogens is 606 g/mol. The molecule has 5 atom stereocenters. The third-order valence-corrected chi connectivity index (χ3v) is 13.1. The maximum absolute atomic E-state index is 14.3. The molecule has 1 aromatic carbocycles. The Labute approximate surface area is 269 Å². The van der Waals surface area contributed by atoms with Gasteiger partial charge in [-0.1, -0.05) is 43.2 Å². The largest absolute Gasteiger partial charge is 0.483 e. The first-order chi connectivity index (χ1) is 21.9. The number of para-hydroxylation sites is 1. The number of aromatic nitrogens is 1. The second-order valence-electron chi connectivity index (χ2n) is 14.3. The van der Waals surface area contributed by atoms with Crippen molar-refractivity contribution in [3.05, 3.63) is 47.7 Å². The number of sulfonamides is 1.